The van der Waals surface area contributed by atoms with E-state index in [0.29, 0.717) is 55.0 Å². The highest BCUT2D eigenvalue weighted by molar-refractivity contribution is 5.95. The van der Waals surface area contributed by atoms with Crippen molar-refractivity contribution in [3.8, 4) is 23.0 Å². The third-order valence-corrected chi connectivity index (χ3v) is 5.62. The number of hydrogen-bond acceptors (Lipinski definition) is 6. The summed E-state index contributed by atoms with van der Waals surface area (Å²) < 4.78 is 21.5. The van der Waals surface area contributed by atoms with E-state index in [9.17, 15) is 9.59 Å². The fourth-order valence-electron chi connectivity index (χ4n) is 3.75. The van der Waals surface area contributed by atoms with Gasteiger partial charge in [0.25, 0.3) is 11.8 Å². The van der Waals surface area contributed by atoms with Gasteiger partial charge in [-0.25, -0.2) is 0 Å². The van der Waals surface area contributed by atoms with Gasteiger partial charge in [-0.2, -0.15) is 0 Å². The summed E-state index contributed by atoms with van der Waals surface area (Å²) in [5.41, 5.74) is 0.575. The second kappa shape index (κ2) is 12.0. The van der Waals surface area contributed by atoms with Gasteiger partial charge in [0, 0.05) is 25.2 Å². The first-order valence-electron chi connectivity index (χ1n) is 11.2. The SMILES string of the molecule is CCOc1ccc(OCC(=O)NCC2CCN(C(=O)c3ccc(OC)c(OC)c3)CC2)cc1. The zero-order valence-electron chi connectivity index (χ0n) is 19.5. The summed E-state index contributed by atoms with van der Waals surface area (Å²) >= 11 is 0. The molecule has 0 aliphatic carbocycles. The topological polar surface area (TPSA) is 86.3 Å². The van der Waals surface area contributed by atoms with Crippen LogP contribution in [0.25, 0.3) is 0 Å². The predicted molar refractivity (Wildman–Crippen MR) is 124 cm³/mol. The first-order valence-corrected chi connectivity index (χ1v) is 11.2. The Morgan fingerprint density at radius 2 is 1.58 bits per heavy atom. The van der Waals surface area contributed by atoms with Gasteiger partial charge >= 0.3 is 0 Å². The summed E-state index contributed by atoms with van der Waals surface area (Å²) in [5, 5.41) is 2.94. The van der Waals surface area contributed by atoms with Crippen LogP contribution in [0.3, 0.4) is 0 Å². The van der Waals surface area contributed by atoms with E-state index in [1.165, 1.54) is 0 Å². The lowest BCUT2D eigenvalue weighted by Crippen LogP contribution is -2.42. The fraction of sp³-hybridized carbons (Fsp3) is 0.440. The minimum Gasteiger partial charge on any atom is -0.494 e. The predicted octanol–water partition coefficient (Wildman–Crippen LogP) is 3.15. The minimum absolute atomic E-state index is 0.0257. The van der Waals surface area contributed by atoms with E-state index in [4.69, 9.17) is 18.9 Å². The summed E-state index contributed by atoms with van der Waals surface area (Å²) in [4.78, 5) is 26.8. The van der Waals surface area contributed by atoms with Crippen LogP contribution < -0.4 is 24.3 Å². The second-order valence-electron chi connectivity index (χ2n) is 7.80. The normalized spacial score (nSPS) is 13.8. The van der Waals surface area contributed by atoms with E-state index in [1.54, 1.807) is 44.6 Å². The Morgan fingerprint density at radius 3 is 2.18 bits per heavy atom. The number of methoxy groups -OCH3 is 2. The molecule has 2 aromatic rings. The number of likely N-dealkylation sites (tertiary alicyclic amines) is 1. The maximum atomic E-state index is 12.9. The van der Waals surface area contributed by atoms with Gasteiger partial charge < -0.3 is 29.2 Å². The first kappa shape index (κ1) is 24.2. The Kier molecular flexibility index (Phi) is 8.80. The number of carbonyl (C=O) groups excluding carboxylic acids is 2. The van der Waals surface area contributed by atoms with Gasteiger partial charge in [0.2, 0.25) is 0 Å². The minimum atomic E-state index is -0.160. The lowest BCUT2D eigenvalue weighted by atomic mass is 9.96. The quantitative estimate of drug-likeness (QED) is 0.591. The molecular weight excluding hydrogens is 424 g/mol. The van der Waals surface area contributed by atoms with Crippen molar-refractivity contribution in [1.82, 2.24) is 10.2 Å². The molecule has 0 bridgehead atoms. The Morgan fingerprint density at radius 1 is 0.939 bits per heavy atom. The number of piperidine rings is 1. The molecule has 2 amide bonds. The number of carbonyl (C=O) groups is 2. The van der Waals surface area contributed by atoms with Crippen LogP contribution in [-0.4, -0.2) is 63.8 Å². The van der Waals surface area contributed by atoms with E-state index in [2.05, 4.69) is 5.32 Å². The molecule has 0 unspecified atom stereocenters. The summed E-state index contributed by atoms with van der Waals surface area (Å²) in [6.45, 7) is 4.36. The van der Waals surface area contributed by atoms with Crippen molar-refractivity contribution in [2.75, 3.05) is 47.1 Å². The van der Waals surface area contributed by atoms with Gasteiger partial charge in [0.1, 0.15) is 11.5 Å². The molecule has 0 spiro atoms. The van der Waals surface area contributed by atoms with Gasteiger partial charge in [-0.05, 0) is 68.1 Å². The number of hydrogen-bond donors (Lipinski definition) is 1. The molecule has 2 aromatic carbocycles. The van der Waals surface area contributed by atoms with Crippen molar-refractivity contribution >= 4 is 11.8 Å². The van der Waals surface area contributed by atoms with Crippen molar-refractivity contribution in [1.29, 1.82) is 0 Å². The Labute approximate surface area is 194 Å². The molecule has 1 aliphatic rings. The van der Waals surface area contributed by atoms with E-state index >= 15 is 0 Å². The smallest absolute Gasteiger partial charge is 0.257 e. The van der Waals surface area contributed by atoms with Gasteiger partial charge in [-0.3, -0.25) is 9.59 Å². The molecule has 0 radical (unpaired) electrons. The molecule has 1 N–H and O–H groups in total. The molecule has 8 nitrogen and oxygen atoms in total. The third-order valence-electron chi connectivity index (χ3n) is 5.62. The molecule has 0 aromatic heterocycles. The summed E-state index contributed by atoms with van der Waals surface area (Å²) in [6.07, 6.45) is 1.66. The lowest BCUT2D eigenvalue weighted by molar-refractivity contribution is -0.123. The van der Waals surface area contributed by atoms with Crippen molar-refractivity contribution < 1.29 is 28.5 Å². The standard InChI is InChI=1S/C25H32N2O6/c1-4-32-20-6-8-21(9-7-20)33-17-24(28)26-16-18-11-13-27(14-12-18)25(29)19-5-10-22(30-2)23(15-19)31-3/h5-10,15,18H,4,11-14,16-17H2,1-3H3,(H,26,28). The third kappa shape index (κ3) is 6.78. The molecule has 8 heteroatoms. The van der Waals surface area contributed by atoms with Gasteiger partial charge in [0.15, 0.2) is 18.1 Å². The molecule has 0 atom stereocenters. The van der Waals surface area contributed by atoms with Crippen molar-refractivity contribution in [2.45, 2.75) is 19.8 Å². The molecule has 1 fully saturated rings. The van der Waals surface area contributed by atoms with Crippen molar-refractivity contribution in [3.05, 3.63) is 48.0 Å². The first-order chi connectivity index (χ1) is 16.0. The molecule has 1 aliphatic heterocycles. The number of nitrogens with one attached hydrogen (secondary N) is 1. The summed E-state index contributed by atoms with van der Waals surface area (Å²) in [6, 6.07) is 12.4. The maximum absolute atomic E-state index is 12.9. The second-order valence-corrected chi connectivity index (χ2v) is 7.80. The van der Waals surface area contributed by atoms with Crippen LogP contribution in [0.2, 0.25) is 0 Å². The van der Waals surface area contributed by atoms with Gasteiger partial charge in [0.05, 0.1) is 20.8 Å². The number of benzene rings is 2. The molecule has 1 heterocycles. The molecular formula is C25H32N2O6. The Bertz CT molecular complexity index is 923. The van der Waals surface area contributed by atoms with Crippen LogP contribution in [0, 0.1) is 5.92 Å². The highest BCUT2D eigenvalue weighted by Gasteiger charge is 2.24. The number of nitrogens with zero attached hydrogens (tertiary/aromatic N) is 1. The lowest BCUT2D eigenvalue weighted by Gasteiger charge is -2.32. The van der Waals surface area contributed by atoms with Crippen LogP contribution in [0.5, 0.6) is 23.0 Å². The zero-order valence-corrected chi connectivity index (χ0v) is 19.5. The van der Waals surface area contributed by atoms with Crippen LogP contribution in [0.4, 0.5) is 0 Å². The molecule has 0 saturated carbocycles. The molecule has 1 saturated heterocycles. The summed E-state index contributed by atoms with van der Waals surface area (Å²) in [5.74, 6) is 2.66. The van der Waals surface area contributed by atoms with E-state index < -0.39 is 0 Å². The number of rotatable bonds is 10. The van der Waals surface area contributed by atoms with Crippen molar-refractivity contribution in [3.63, 3.8) is 0 Å². The Hall–Kier alpha value is -3.42. The molecule has 3 rings (SSSR count). The average Bonchev–Trinajstić information content (AvgIpc) is 2.86. The van der Waals surface area contributed by atoms with Crippen molar-refractivity contribution in [2.24, 2.45) is 5.92 Å². The van der Waals surface area contributed by atoms with Crippen LogP contribution in [0.15, 0.2) is 42.5 Å². The van der Waals surface area contributed by atoms with Gasteiger partial charge in [-0.15, -0.1) is 0 Å². The Balaban J connectivity index is 1.39. The van der Waals surface area contributed by atoms with E-state index in [0.717, 1.165) is 18.6 Å². The van der Waals surface area contributed by atoms with E-state index in [-0.39, 0.29) is 18.4 Å². The molecule has 33 heavy (non-hydrogen) atoms. The number of amides is 2. The monoisotopic (exact) mass is 456 g/mol. The molecule has 178 valence electrons. The highest BCUT2D eigenvalue weighted by atomic mass is 16.5. The largest absolute Gasteiger partial charge is 0.494 e. The fourth-order valence-corrected chi connectivity index (χ4v) is 3.75. The van der Waals surface area contributed by atoms with Crippen LogP contribution in [0.1, 0.15) is 30.1 Å². The average molecular weight is 457 g/mol. The van der Waals surface area contributed by atoms with Crippen LogP contribution in [-0.2, 0) is 4.79 Å². The number of ether oxygens (including phenoxy) is 4. The summed E-state index contributed by atoms with van der Waals surface area (Å²) in [7, 11) is 3.12. The van der Waals surface area contributed by atoms with Gasteiger partial charge in [-0.1, -0.05) is 0 Å². The van der Waals surface area contributed by atoms with E-state index in [1.807, 2.05) is 24.0 Å². The zero-order chi connectivity index (χ0) is 23.6. The van der Waals surface area contributed by atoms with Crippen LogP contribution >= 0.6 is 0 Å². The maximum Gasteiger partial charge on any atom is 0.257 e. The highest BCUT2D eigenvalue weighted by Crippen LogP contribution is 2.28.